The van der Waals surface area contributed by atoms with E-state index in [4.69, 9.17) is 4.98 Å². The number of halogens is 1. The molecule has 2 aliphatic rings. The molecule has 26 heavy (non-hydrogen) atoms. The van der Waals surface area contributed by atoms with Gasteiger partial charge in [-0.2, -0.15) is 0 Å². The molecule has 4 aromatic rings. The Balaban J connectivity index is 1.39. The molecule has 0 aromatic carbocycles. The van der Waals surface area contributed by atoms with Gasteiger partial charge in [-0.3, -0.25) is 0 Å². The Hall–Kier alpha value is -2.69. The molecular formula is C21H19FN4. The third kappa shape index (κ3) is 2.06. The summed E-state index contributed by atoms with van der Waals surface area (Å²) >= 11 is 0. The lowest BCUT2D eigenvalue weighted by Gasteiger charge is -2.01. The molecule has 0 bridgehead atoms. The third-order valence-corrected chi connectivity index (χ3v) is 5.94. The molecule has 6 rings (SSSR count). The number of fused-ring (bicyclic) bond motifs is 2. The van der Waals surface area contributed by atoms with Crippen LogP contribution in [0.2, 0.25) is 0 Å². The van der Waals surface area contributed by atoms with Gasteiger partial charge in [0, 0.05) is 42.2 Å². The minimum Gasteiger partial charge on any atom is -0.307 e. The average molecular weight is 346 g/mol. The van der Waals surface area contributed by atoms with Gasteiger partial charge in [-0.15, -0.1) is 0 Å². The third-order valence-electron chi connectivity index (χ3n) is 5.94. The molecule has 2 aliphatic carbocycles. The van der Waals surface area contributed by atoms with Crippen molar-refractivity contribution in [2.24, 2.45) is 0 Å². The second-order valence-electron chi connectivity index (χ2n) is 7.74. The Bertz CT molecular complexity index is 1170. The largest absolute Gasteiger partial charge is 0.307 e. The highest BCUT2D eigenvalue weighted by molar-refractivity contribution is 5.55. The lowest BCUT2D eigenvalue weighted by atomic mass is 10.2. The predicted molar refractivity (Wildman–Crippen MR) is 97.2 cm³/mol. The molecule has 2 saturated carbocycles. The van der Waals surface area contributed by atoms with Crippen molar-refractivity contribution in [3.63, 3.8) is 0 Å². The molecule has 5 heteroatoms. The van der Waals surface area contributed by atoms with Crippen molar-refractivity contribution in [1.29, 1.82) is 0 Å². The predicted octanol–water partition coefficient (Wildman–Crippen LogP) is 4.58. The molecule has 4 nitrogen and oxygen atoms in total. The van der Waals surface area contributed by atoms with E-state index in [1.165, 1.54) is 41.9 Å². The molecule has 0 spiro atoms. The van der Waals surface area contributed by atoms with Crippen LogP contribution in [0.25, 0.3) is 11.3 Å². The molecule has 130 valence electrons. The lowest BCUT2D eigenvalue weighted by molar-refractivity contribution is 0.626. The summed E-state index contributed by atoms with van der Waals surface area (Å²) in [6.45, 7) is 2.17. The number of imidazole rings is 2. The molecule has 2 unspecified atom stereocenters. The van der Waals surface area contributed by atoms with Crippen LogP contribution in [0.1, 0.15) is 59.7 Å². The van der Waals surface area contributed by atoms with Gasteiger partial charge < -0.3 is 8.80 Å². The first-order valence-electron chi connectivity index (χ1n) is 9.30. The summed E-state index contributed by atoms with van der Waals surface area (Å²) in [5.41, 5.74) is 6.68. The van der Waals surface area contributed by atoms with E-state index in [0.29, 0.717) is 23.4 Å². The normalized spacial score (nSPS) is 22.4. The highest BCUT2D eigenvalue weighted by Crippen LogP contribution is 2.55. The number of pyridine rings is 2. The van der Waals surface area contributed by atoms with Crippen molar-refractivity contribution in [3.05, 3.63) is 71.3 Å². The monoisotopic (exact) mass is 346 g/mol. The zero-order valence-electron chi connectivity index (χ0n) is 14.6. The van der Waals surface area contributed by atoms with Crippen LogP contribution < -0.4 is 0 Å². The van der Waals surface area contributed by atoms with E-state index in [0.717, 1.165) is 17.8 Å². The Labute approximate surface area is 150 Å². The van der Waals surface area contributed by atoms with Gasteiger partial charge in [0.1, 0.15) is 17.1 Å². The molecule has 0 saturated heterocycles. The van der Waals surface area contributed by atoms with Crippen LogP contribution in [-0.4, -0.2) is 18.8 Å². The summed E-state index contributed by atoms with van der Waals surface area (Å²) in [7, 11) is 0. The van der Waals surface area contributed by atoms with E-state index < -0.39 is 0 Å². The molecule has 0 N–H and O–H groups in total. The van der Waals surface area contributed by atoms with Crippen molar-refractivity contribution in [2.75, 3.05) is 0 Å². The number of hydrogen-bond acceptors (Lipinski definition) is 2. The minimum atomic E-state index is -0.245. The number of aromatic nitrogens is 4. The standard InChI is InChI=1S/C21H19FN4/c1-12-20(24-21-15(13-4-5-13)3-2-7-26(12)21)17-10-16(17)18-11-25-8-6-14(22)9-19(25)23-18/h2-3,6-9,11,13,16-17H,4-5,10H2,1H3. The van der Waals surface area contributed by atoms with Crippen LogP contribution in [0.3, 0.4) is 0 Å². The van der Waals surface area contributed by atoms with Crippen molar-refractivity contribution in [3.8, 4) is 0 Å². The fourth-order valence-electron chi connectivity index (χ4n) is 4.27. The number of rotatable bonds is 3. The summed E-state index contributed by atoms with van der Waals surface area (Å²) < 4.78 is 17.6. The van der Waals surface area contributed by atoms with E-state index in [-0.39, 0.29) is 5.82 Å². The molecule has 0 amide bonds. The highest BCUT2D eigenvalue weighted by atomic mass is 19.1. The van der Waals surface area contributed by atoms with Gasteiger partial charge in [0.25, 0.3) is 0 Å². The maximum Gasteiger partial charge on any atom is 0.140 e. The smallest absolute Gasteiger partial charge is 0.140 e. The molecule has 0 radical (unpaired) electrons. The maximum absolute atomic E-state index is 13.4. The first-order valence-corrected chi connectivity index (χ1v) is 9.30. The van der Waals surface area contributed by atoms with Gasteiger partial charge in [-0.05, 0) is 49.8 Å². The quantitative estimate of drug-likeness (QED) is 0.544. The van der Waals surface area contributed by atoms with E-state index in [1.54, 1.807) is 6.20 Å². The second kappa shape index (κ2) is 4.93. The van der Waals surface area contributed by atoms with E-state index >= 15 is 0 Å². The second-order valence-corrected chi connectivity index (χ2v) is 7.74. The highest BCUT2D eigenvalue weighted by Gasteiger charge is 2.44. The fraction of sp³-hybridized carbons (Fsp3) is 0.333. The van der Waals surface area contributed by atoms with Crippen molar-refractivity contribution < 1.29 is 4.39 Å². The number of aryl methyl sites for hydroxylation is 1. The van der Waals surface area contributed by atoms with E-state index in [2.05, 4.69) is 34.6 Å². The number of hydrogen-bond donors (Lipinski definition) is 0. The van der Waals surface area contributed by atoms with Gasteiger partial charge >= 0.3 is 0 Å². The van der Waals surface area contributed by atoms with Gasteiger partial charge in [0.05, 0.1) is 11.4 Å². The lowest BCUT2D eigenvalue weighted by Crippen LogP contribution is -1.91. The Morgan fingerprint density at radius 1 is 1.12 bits per heavy atom. The summed E-state index contributed by atoms with van der Waals surface area (Å²) in [6, 6.07) is 7.32. The van der Waals surface area contributed by atoms with Crippen LogP contribution in [0, 0.1) is 12.7 Å². The molecule has 2 atom stereocenters. The summed E-state index contributed by atoms with van der Waals surface area (Å²) in [6.07, 6.45) is 9.51. The van der Waals surface area contributed by atoms with Gasteiger partial charge in [0.2, 0.25) is 0 Å². The zero-order chi connectivity index (χ0) is 17.4. The van der Waals surface area contributed by atoms with E-state index in [9.17, 15) is 4.39 Å². The van der Waals surface area contributed by atoms with Crippen LogP contribution in [0.5, 0.6) is 0 Å². The van der Waals surface area contributed by atoms with Crippen LogP contribution in [0.15, 0.2) is 42.9 Å². The molecule has 0 aliphatic heterocycles. The Morgan fingerprint density at radius 2 is 2.00 bits per heavy atom. The van der Waals surface area contributed by atoms with Crippen molar-refractivity contribution >= 4 is 11.3 Å². The first-order chi connectivity index (χ1) is 12.7. The molecule has 2 fully saturated rings. The van der Waals surface area contributed by atoms with E-state index in [1.807, 2.05) is 10.6 Å². The van der Waals surface area contributed by atoms with Crippen molar-refractivity contribution in [2.45, 2.75) is 43.9 Å². The fourth-order valence-corrected chi connectivity index (χ4v) is 4.27. The van der Waals surface area contributed by atoms with Crippen LogP contribution in [0.4, 0.5) is 4.39 Å². The zero-order valence-corrected chi connectivity index (χ0v) is 14.6. The van der Waals surface area contributed by atoms with Crippen LogP contribution >= 0.6 is 0 Å². The molecule has 4 heterocycles. The average Bonchev–Trinajstić information content (AvgIpc) is 3.55. The SMILES string of the molecule is Cc1c(C2CC2c2cn3ccc(F)cc3n2)nc2c(C3CC3)cccn12. The minimum absolute atomic E-state index is 0.245. The molecular weight excluding hydrogens is 327 g/mol. The van der Waals surface area contributed by atoms with Crippen LogP contribution in [-0.2, 0) is 0 Å². The summed E-state index contributed by atoms with van der Waals surface area (Å²) in [5.74, 6) is 1.24. The Morgan fingerprint density at radius 3 is 2.85 bits per heavy atom. The Kier molecular flexibility index (Phi) is 2.75. The number of nitrogens with zero attached hydrogens (tertiary/aromatic N) is 4. The van der Waals surface area contributed by atoms with Gasteiger partial charge in [-0.1, -0.05) is 6.07 Å². The maximum atomic E-state index is 13.4. The van der Waals surface area contributed by atoms with Gasteiger partial charge in [0.15, 0.2) is 0 Å². The van der Waals surface area contributed by atoms with Crippen molar-refractivity contribution in [1.82, 2.24) is 18.8 Å². The topological polar surface area (TPSA) is 34.6 Å². The summed E-state index contributed by atoms with van der Waals surface area (Å²) in [4.78, 5) is 9.69. The summed E-state index contributed by atoms with van der Waals surface area (Å²) in [5, 5.41) is 0. The first kappa shape index (κ1) is 14.5. The molecule has 4 aromatic heterocycles. The van der Waals surface area contributed by atoms with Gasteiger partial charge in [-0.25, -0.2) is 14.4 Å².